The maximum atomic E-state index is 11.1. The molecule has 0 unspecified atom stereocenters. The zero-order chi connectivity index (χ0) is 7.68. The second-order valence-electron chi connectivity index (χ2n) is 2.29. The molecule has 0 bridgehead atoms. The molecule has 2 heterocycles. The van der Waals surface area contributed by atoms with Crippen LogP contribution in [0.3, 0.4) is 0 Å². The second kappa shape index (κ2) is 2.39. The van der Waals surface area contributed by atoms with Gasteiger partial charge in [-0.15, -0.1) is 0 Å². The number of rotatable bonds is 0. The fourth-order valence-corrected chi connectivity index (χ4v) is 1.03. The molecule has 0 aromatic carbocycles. The van der Waals surface area contributed by atoms with Crippen LogP contribution < -0.4 is 0 Å². The minimum absolute atomic E-state index is 0.0537. The maximum absolute atomic E-state index is 11.1. The van der Waals surface area contributed by atoms with Crippen LogP contribution in [0.2, 0.25) is 0 Å². The van der Waals surface area contributed by atoms with Gasteiger partial charge in [-0.25, -0.2) is 0 Å². The predicted molar refractivity (Wildman–Crippen MR) is 36.0 cm³/mol. The summed E-state index contributed by atoms with van der Waals surface area (Å²) in [4.78, 5) is 12.6. The van der Waals surface area contributed by atoms with Crippen molar-refractivity contribution in [1.82, 2.24) is 4.90 Å². The normalized spacial score (nSPS) is 22.4. The average Bonchev–Trinajstić information content (AvgIpc) is 2.06. The lowest BCUT2D eigenvalue weighted by Gasteiger charge is -2.27. The monoisotopic (exact) mass is 153 g/mol. The summed E-state index contributed by atoms with van der Waals surface area (Å²) in [6, 6.07) is 0. The standard InChI is InChI=1S/C7H7NO3/c9-7-5-11-4-6-3-10-2-1-8(6)7/h1-3H,4-5H2. The van der Waals surface area contributed by atoms with Crippen molar-refractivity contribution in [3.05, 3.63) is 24.4 Å². The van der Waals surface area contributed by atoms with Crippen molar-refractivity contribution in [2.45, 2.75) is 0 Å². The fourth-order valence-electron chi connectivity index (χ4n) is 1.03. The molecular weight excluding hydrogens is 146 g/mol. The van der Waals surface area contributed by atoms with Crippen LogP contribution in [0.4, 0.5) is 0 Å². The van der Waals surface area contributed by atoms with Crippen molar-refractivity contribution in [3.8, 4) is 0 Å². The molecule has 2 rings (SSSR count). The lowest BCUT2D eigenvalue weighted by molar-refractivity contribution is -0.136. The van der Waals surface area contributed by atoms with Crippen LogP contribution in [0.1, 0.15) is 0 Å². The Morgan fingerprint density at radius 3 is 3.18 bits per heavy atom. The number of amides is 1. The van der Waals surface area contributed by atoms with Crippen LogP contribution in [0.25, 0.3) is 0 Å². The average molecular weight is 153 g/mol. The third kappa shape index (κ3) is 1.01. The number of carbonyl (C=O) groups excluding carboxylic acids is 1. The molecule has 0 aromatic rings. The predicted octanol–water partition coefficient (Wildman–Crippen LogP) is 0.188. The van der Waals surface area contributed by atoms with Crippen molar-refractivity contribution < 1.29 is 14.3 Å². The smallest absolute Gasteiger partial charge is 0.257 e. The SMILES string of the molecule is O=C1COCC2=COC=CN12. The molecule has 0 saturated carbocycles. The van der Waals surface area contributed by atoms with E-state index in [1.807, 2.05) is 0 Å². The van der Waals surface area contributed by atoms with Crippen molar-refractivity contribution in [2.24, 2.45) is 0 Å². The van der Waals surface area contributed by atoms with E-state index in [2.05, 4.69) is 0 Å². The molecule has 0 N–H and O–H groups in total. The van der Waals surface area contributed by atoms with Crippen molar-refractivity contribution in [1.29, 1.82) is 0 Å². The number of nitrogens with zero attached hydrogens (tertiary/aromatic N) is 1. The van der Waals surface area contributed by atoms with E-state index in [9.17, 15) is 4.79 Å². The van der Waals surface area contributed by atoms with Gasteiger partial charge in [0.1, 0.15) is 19.1 Å². The van der Waals surface area contributed by atoms with E-state index in [4.69, 9.17) is 9.47 Å². The van der Waals surface area contributed by atoms with E-state index >= 15 is 0 Å². The number of carbonyl (C=O) groups is 1. The Bertz CT molecular complexity index is 244. The Balaban J connectivity index is 2.24. The molecular formula is C7H7NO3. The van der Waals surface area contributed by atoms with E-state index in [0.29, 0.717) is 6.61 Å². The van der Waals surface area contributed by atoms with Crippen LogP contribution in [0.5, 0.6) is 0 Å². The van der Waals surface area contributed by atoms with Crippen molar-refractivity contribution in [3.63, 3.8) is 0 Å². The van der Waals surface area contributed by atoms with Gasteiger partial charge in [-0.2, -0.15) is 0 Å². The molecule has 4 heteroatoms. The van der Waals surface area contributed by atoms with E-state index in [0.717, 1.165) is 5.70 Å². The van der Waals surface area contributed by atoms with E-state index < -0.39 is 0 Å². The van der Waals surface area contributed by atoms with Crippen LogP contribution in [0, 0.1) is 0 Å². The lowest BCUT2D eigenvalue weighted by atomic mass is 10.3. The molecule has 2 aliphatic rings. The molecule has 0 aromatic heterocycles. The van der Waals surface area contributed by atoms with Gasteiger partial charge in [0.05, 0.1) is 12.3 Å². The summed E-state index contributed by atoms with van der Waals surface area (Å²) in [5.41, 5.74) is 0.753. The summed E-state index contributed by atoms with van der Waals surface area (Å²) in [7, 11) is 0. The van der Waals surface area contributed by atoms with Gasteiger partial charge >= 0.3 is 0 Å². The highest BCUT2D eigenvalue weighted by Gasteiger charge is 2.23. The highest BCUT2D eigenvalue weighted by Crippen LogP contribution is 2.15. The molecule has 1 saturated heterocycles. The Hall–Kier alpha value is -1.29. The molecule has 58 valence electrons. The van der Waals surface area contributed by atoms with Crippen LogP contribution in [0.15, 0.2) is 24.4 Å². The van der Waals surface area contributed by atoms with Crippen molar-refractivity contribution in [2.75, 3.05) is 13.2 Å². The first-order chi connectivity index (χ1) is 5.38. The van der Waals surface area contributed by atoms with Gasteiger partial charge in [0, 0.05) is 6.20 Å². The quantitative estimate of drug-likeness (QED) is 0.498. The molecule has 11 heavy (non-hydrogen) atoms. The van der Waals surface area contributed by atoms with E-state index in [1.165, 1.54) is 17.4 Å². The summed E-state index contributed by atoms with van der Waals surface area (Å²) in [5.74, 6) is -0.0537. The van der Waals surface area contributed by atoms with Gasteiger partial charge in [-0.3, -0.25) is 9.69 Å². The number of hydrogen-bond donors (Lipinski definition) is 0. The summed E-state index contributed by atoms with van der Waals surface area (Å²) in [6.07, 6.45) is 4.57. The molecule has 1 amide bonds. The number of fused-ring (bicyclic) bond motifs is 1. The number of morpholine rings is 1. The lowest BCUT2D eigenvalue weighted by Crippen LogP contribution is -2.37. The van der Waals surface area contributed by atoms with Crippen LogP contribution in [-0.2, 0) is 14.3 Å². The zero-order valence-corrected chi connectivity index (χ0v) is 5.82. The van der Waals surface area contributed by atoms with Crippen LogP contribution >= 0.6 is 0 Å². The molecule has 0 spiro atoms. The fraction of sp³-hybridized carbons (Fsp3) is 0.286. The molecule has 0 radical (unpaired) electrons. The third-order valence-electron chi connectivity index (χ3n) is 1.55. The molecule has 1 fully saturated rings. The second-order valence-corrected chi connectivity index (χ2v) is 2.29. The van der Waals surface area contributed by atoms with Gasteiger partial charge in [-0.1, -0.05) is 0 Å². The van der Waals surface area contributed by atoms with Crippen molar-refractivity contribution >= 4 is 5.91 Å². The summed E-state index contributed by atoms with van der Waals surface area (Å²) in [5, 5.41) is 0. The van der Waals surface area contributed by atoms with Crippen LogP contribution in [-0.4, -0.2) is 24.0 Å². The third-order valence-corrected chi connectivity index (χ3v) is 1.55. The summed E-state index contributed by atoms with van der Waals surface area (Å²) < 4.78 is 9.85. The zero-order valence-electron chi connectivity index (χ0n) is 5.82. The Morgan fingerprint density at radius 1 is 1.45 bits per heavy atom. The summed E-state index contributed by atoms with van der Waals surface area (Å²) >= 11 is 0. The maximum Gasteiger partial charge on any atom is 0.257 e. The number of ether oxygens (including phenoxy) is 2. The highest BCUT2D eigenvalue weighted by atomic mass is 16.5. The largest absolute Gasteiger partial charge is 0.469 e. The van der Waals surface area contributed by atoms with E-state index in [-0.39, 0.29) is 12.5 Å². The Kier molecular flexibility index (Phi) is 1.40. The van der Waals surface area contributed by atoms with Gasteiger partial charge in [0.2, 0.25) is 0 Å². The topological polar surface area (TPSA) is 38.8 Å². The number of hydrogen-bond acceptors (Lipinski definition) is 3. The molecule has 0 aliphatic carbocycles. The Labute approximate surface area is 63.7 Å². The molecule has 2 aliphatic heterocycles. The van der Waals surface area contributed by atoms with E-state index in [1.54, 1.807) is 6.20 Å². The first-order valence-corrected chi connectivity index (χ1v) is 3.29. The minimum atomic E-state index is -0.0537. The molecule has 0 atom stereocenters. The first kappa shape index (κ1) is 6.42. The highest BCUT2D eigenvalue weighted by molar-refractivity contribution is 5.81. The van der Waals surface area contributed by atoms with Gasteiger partial charge in [0.25, 0.3) is 5.91 Å². The van der Waals surface area contributed by atoms with Gasteiger partial charge in [-0.05, 0) is 0 Å². The summed E-state index contributed by atoms with van der Waals surface area (Å²) in [6.45, 7) is 0.595. The Morgan fingerprint density at radius 2 is 2.36 bits per heavy atom. The first-order valence-electron chi connectivity index (χ1n) is 3.29. The minimum Gasteiger partial charge on any atom is -0.469 e. The van der Waals surface area contributed by atoms with Gasteiger partial charge in [0.15, 0.2) is 0 Å². The molecule has 4 nitrogen and oxygen atoms in total. The van der Waals surface area contributed by atoms with Gasteiger partial charge < -0.3 is 9.47 Å².